The van der Waals surface area contributed by atoms with Crippen molar-refractivity contribution in [2.75, 3.05) is 0 Å². The Kier molecular flexibility index (Phi) is 4.34. The number of H-pyrrole nitrogens is 1. The Morgan fingerprint density at radius 3 is 2.68 bits per heavy atom. The minimum Gasteiger partial charge on any atom is -0.486 e. The van der Waals surface area contributed by atoms with Crippen molar-refractivity contribution < 1.29 is 4.74 Å². The molecule has 0 amide bonds. The molecule has 1 atom stereocenters. The molecule has 2 aromatic carbocycles. The van der Waals surface area contributed by atoms with E-state index in [1.165, 1.54) is 5.56 Å². The number of halogens is 1. The first kappa shape index (κ1) is 14.9. The molecule has 1 aromatic heterocycles. The first-order chi connectivity index (χ1) is 10.7. The predicted molar refractivity (Wildman–Crippen MR) is 90.6 cm³/mol. The van der Waals surface area contributed by atoms with Gasteiger partial charge in [0.2, 0.25) is 0 Å². The fourth-order valence-electron chi connectivity index (χ4n) is 2.38. The Morgan fingerprint density at radius 1 is 1.18 bits per heavy atom. The van der Waals surface area contributed by atoms with Crippen molar-refractivity contribution in [2.24, 2.45) is 0 Å². The maximum Gasteiger partial charge on any atom is 0.146 e. The van der Waals surface area contributed by atoms with Gasteiger partial charge in [-0.25, -0.2) is 4.98 Å². The van der Waals surface area contributed by atoms with Crippen LogP contribution in [0.2, 0.25) is 5.02 Å². The molecule has 0 radical (unpaired) electrons. The van der Waals surface area contributed by atoms with Gasteiger partial charge in [0.15, 0.2) is 0 Å². The molecule has 0 bridgehead atoms. The third kappa shape index (κ3) is 3.25. The molecule has 3 rings (SSSR count). The summed E-state index contributed by atoms with van der Waals surface area (Å²) in [7, 11) is 0. The molecule has 4 heteroatoms. The zero-order valence-electron chi connectivity index (χ0n) is 12.8. The molecule has 22 heavy (non-hydrogen) atoms. The fraction of sp³-hybridized carbons (Fsp3) is 0.278. The summed E-state index contributed by atoms with van der Waals surface area (Å²) in [5, 5.41) is 0.698. The summed E-state index contributed by atoms with van der Waals surface area (Å²) in [5.41, 5.74) is 3.17. The molecule has 0 saturated heterocycles. The standard InChI is InChI=1S/C18H19ClN2O/c1-3-12(2)13-4-7-15(8-5-13)22-11-18-20-16-9-6-14(19)10-17(16)21-18/h4-10,12H,3,11H2,1-2H3,(H,20,21)/t12-/m0/s1. The van der Waals surface area contributed by atoms with Crippen molar-refractivity contribution in [3.63, 3.8) is 0 Å². The monoisotopic (exact) mass is 314 g/mol. The summed E-state index contributed by atoms with van der Waals surface area (Å²) in [5.74, 6) is 2.22. The van der Waals surface area contributed by atoms with Crippen LogP contribution in [0.5, 0.6) is 5.75 Å². The van der Waals surface area contributed by atoms with Gasteiger partial charge < -0.3 is 9.72 Å². The zero-order chi connectivity index (χ0) is 15.5. The lowest BCUT2D eigenvalue weighted by atomic mass is 9.99. The predicted octanol–water partition coefficient (Wildman–Crippen LogP) is 5.31. The molecule has 0 unspecified atom stereocenters. The molecule has 3 aromatic rings. The van der Waals surface area contributed by atoms with Crippen LogP contribution in [0, 0.1) is 0 Å². The first-order valence-corrected chi connectivity index (χ1v) is 7.90. The number of fused-ring (bicyclic) bond motifs is 1. The van der Waals surface area contributed by atoms with Crippen LogP contribution in [-0.2, 0) is 6.61 Å². The molecule has 1 heterocycles. The molecule has 0 saturated carbocycles. The number of hydrogen-bond acceptors (Lipinski definition) is 2. The van der Waals surface area contributed by atoms with E-state index in [-0.39, 0.29) is 0 Å². The topological polar surface area (TPSA) is 37.9 Å². The van der Waals surface area contributed by atoms with Gasteiger partial charge in [-0.15, -0.1) is 0 Å². The normalized spacial score (nSPS) is 12.5. The van der Waals surface area contributed by atoms with Gasteiger partial charge in [-0.3, -0.25) is 0 Å². The van der Waals surface area contributed by atoms with Gasteiger partial charge in [0.25, 0.3) is 0 Å². The van der Waals surface area contributed by atoms with E-state index in [1.807, 2.05) is 30.3 Å². The van der Waals surface area contributed by atoms with Gasteiger partial charge in [0.1, 0.15) is 18.2 Å². The van der Waals surface area contributed by atoms with Crippen molar-refractivity contribution in [1.82, 2.24) is 9.97 Å². The Morgan fingerprint density at radius 2 is 1.95 bits per heavy atom. The Balaban J connectivity index is 1.68. The van der Waals surface area contributed by atoms with Crippen LogP contribution < -0.4 is 4.74 Å². The third-order valence-electron chi connectivity index (χ3n) is 3.93. The molecular formula is C18H19ClN2O. The number of aromatic nitrogens is 2. The van der Waals surface area contributed by atoms with Crippen molar-refractivity contribution in [2.45, 2.75) is 32.8 Å². The molecule has 0 aliphatic heterocycles. The van der Waals surface area contributed by atoms with Gasteiger partial charge in [-0.1, -0.05) is 37.6 Å². The van der Waals surface area contributed by atoms with E-state index < -0.39 is 0 Å². The van der Waals surface area contributed by atoms with Crippen molar-refractivity contribution in [1.29, 1.82) is 0 Å². The minimum absolute atomic E-state index is 0.412. The molecule has 0 aliphatic rings. The smallest absolute Gasteiger partial charge is 0.146 e. The van der Waals surface area contributed by atoms with E-state index in [2.05, 4.69) is 35.9 Å². The van der Waals surface area contributed by atoms with Crippen molar-refractivity contribution >= 4 is 22.6 Å². The van der Waals surface area contributed by atoms with Gasteiger partial charge in [-0.2, -0.15) is 0 Å². The van der Waals surface area contributed by atoms with Gasteiger partial charge in [-0.05, 0) is 48.2 Å². The van der Waals surface area contributed by atoms with Crippen LogP contribution in [0.25, 0.3) is 11.0 Å². The van der Waals surface area contributed by atoms with E-state index in [1.54, 1.807) is 0 Å². The lowest BCUT2D eigenvalue weighted by Crippen LogP contribution is -1.98. The van der Waals surface area contributed by atoms with Gasteiger partial charge in [0, 0.05) is 5.02 Å². The van der Waals surface area contributed by atoms with Crippen LogP contribution in [-0.4, -0.2) is 9.97 Å². The maximum atomic E-state index is 5.97. The van der Waals surface area contributed by atoms with Gasteiger partial charge >= 0.3 is 0 Å². The molecular weight excluding hydrogens is 296 g/mol. The van der Waals surface area contributed by atoms with Crippen LogP contribution in [0.1, 0.15) is 37.6 Å². The number of hydrogen-bond donors (Lipinski definition) is 1. The fourth-order valence-corrected chi connectivity index (χ4v) is 2.56. The Bertz CT molecular complexity index is 764. The first-order valence-electron chi connectivity index (χ1n) is 7.52. The largest absolute Gasteiger partial charge is 0.486 e. The maximum absolute atomic E-state index is 5.97. The number of nitrogens with one attached hydrogen (secondary N) is 1. The average Bonchev–Trinajstić information content (AvgIpc) is 2.94. The highest BCUT2D eigenvalue weighted by Crippen LogP contribution is 2.22. The second-order valence-electron chi connectivity index (χ2n) is 5.51. The van der Waals surface area contributed by atoms with E-state index in [0.29, 0.717) is 17.5 Å². The average molecular weight is 315 g/mol. The van der Waals surface area contributed by atoms with Crippen LogP contribution in [0.4, 0.5) is 0 Å². The van der Waals surface area contributed by atoms with E-state index in [0.717, 1.165) is 29.0 Å². The second-order valence-corrected chi connectivity index (χ2v) is 5.95. The minimum atomic E-state index is 0.412. The lowest BCUT2D eigenvalue weighted by molar-refractivity contribution is 0.297. The Hall–Kier alpha value is -2.00. The number of nitrogens with zero attached hydrogens (tertiary/aromatic N) is 1. The van der Waals surface area contributed by atoms with Crippen molar-refractivity contribution in [3.05, 3.63) is 58.9 Å². The lowest BCUT2D eigenvalue weighted by Gasteiger charge is -2.10. The van der Waals surface area contributed by atoms with Crippen LogP contribution >= 0.6 is 11.6 Å². The van der Waals surface area contributed by atoms with Crippen LogP contribution in [0.3, 0.4) is 0 Å². The third-order valence-corrected chi connectivity index (χ3v) is 4.17. The number of imidazole rings is 1. The number of ether oxygens (including phenoxy) is 1. The highest BCUT2D eigenvalue weighted by Gasteiger charge is 2.06. The summed E-state index contributed by atoms with van der Waals surface area (Å²) >= 11 is 5.97. The van der Waals surface area contributed by atoms with Gasteiger partial charge in [0.05, 0.1) is 11.0 Å². The second kappa shape index (κ2) is 6.41. The van der Waals surface area contributed by atoms with E-state index in [4.69, 9.17) is 16.3 Å². The number of rotatable bonds is 5. The molecule has 0 fully saturated rings. The summed E-state index contributed by atoms with van der Waals surface area (Å²) in [6, 6.07) is 13.9. The number of benzene rings is 2. The molecule has 114 valence electrons. The highest BCUT2D eigenvalue weighted by molar-refractivity contribution is 6.31. The zero-order valence-corrected chi connectivity index (χ0v) is 13.5. The Labute approximate surface area is 135 Å². The summed E-state index contributed by atoms with van der Waals surface area (Å²) in [4.78, 5) is 7.71. The SMILES string of the molecule is CC[C@H](C)c1ccc(OCc2nc3ccc(Cl)cc3[nH]2)cc1. The van der Waals surface area contributed by atoms with Crippen LogP contribution in [0.15, 0.2) is 42.5 Å². The molecule has 1 N–H and O–H groups in total. The quantitative estimate of drug-likeness (QED) is 0.693. The highest BCUT2D eigenvalue weighted by atomic mass is 35.5. The molecule has 0 aliphatic carbocycles. The summed E-state index contributed by atoms with van der Waals surface area (Å²) < 4.78 is 5.79. The van der Waals surface area contributed by atoms with Crippen molar-refractivity contribution in [3.8, 4) is 5.75 Å². The summed E-state index contributed by atoms with van der Waals surface area (Å²) in [6.45, 7) is 4.84. The summed E-state index contributed by atoms with van der Waals surface area (Å²) in [6.07, 6.45) is 1.14. The van der Waals surface area contributed by atoms with E-state index >= 15 is 0 Å². The molecule has 3 nitrogen and oxygen atoms in total. The number of aromatic amines is 1. The molecule has 0 spiro atoms. The van der Waals surface area contributed by atoms with E-state index in [9.17, 15) is 0 Å².